The minimum absolute atomic E-state index is 0.0853. The van der Waals surface area contributed by atoms with Crippen LogP contribution in [0.15, 0.2) is 28.8 Å². The van der Waals surface area contributed by atoms with Crippen LogP contribution in [-0.4, -0.2) is 36.2 Å². The summed E-state index contributed by atoms with van der Waals surface area (Å²) in [7, 11) is 1.55. The Morgan fingerprint density at radius 2 is 2.15 bits per heavy atom. The highest BCUT2D eigenvalue weighted by molar-refractivity contribution is 6.30. The van der Waals surface area contributed by atoms with Crippen LogP contribution < -0.4 is 9.47 Å². The van der Waals surface area contributed by atoms with Crippen LogP contribution in [0.25, 0.3) is 0 Å². The fourth-order valence-electron chi connectivity index (χ4n) is 2.71. The fraction of sp³-hybridized carbons (Fsp3) is 0.474. The number of halogens is 1. The molecule has 0 bridgehead atoms. The molecule has 1 aliphatic rings. The van der Waals surface area contributed by atoms with Gasteiger partial charge in [-0.25, -0.2) is 0 Å². The molecule has 7 heteroatoms. The van der Waals surface area contributed by atoms with Gasteiger partial charge in [0, 0.05) is 30.2 Å². The van der Waals surface area contributed by atoms with Crippen LogP contribution in [0.4, 0.5) is 0 Å². The van der Waals surface area contributed by atoms with Crippen LogP contribution in [0.2, 0.25) is 5.02 Å². The van der Waals surface area contributed by atoms with Gasteiger partial charge >= 0.3 is 0 Å². The maximum absolute atomic E-state index is 12.7. The molecule has 0 aliphatic heterocycles. The first kappa shape index (κ1) is 18.6. The average molecular weight is 379 g/mol. The number of hydrogen-bond acceptors (Lipinski definition) is 5. The smallest absolute Gasteiger partial charge is 0.276 e. The zero-order valence-electron chi connectivity index (χ0n) is 15.0. The molecule has 26 heavy (non-hydrogen) atoms. The first-order valence-corrected chi connectivity index (χ1v) is 9.19. The predicted octanol–water partition coefficient (Wildman–Crippen LogP) is 4.18. The number of aromatic nitrogens is 1. The van der Waals surface area contributed by atoms with E-state index in [1.165, 1.54) is 12.8 Å². The minimum atomic E-state index is -0.0853. The Labute approximate surface area is 158 Å². The molecule has 0 radical (unpaired) electrons. The van der Waals surface area contributed by atoms with Crippen molar-refractivity contribution < 1.29 is 18.8 Å². The number of benzene rings is 1. The van der Waals surface area contributed by atoms with E-state index in [0.29, 0.717) is 33.9 Å². The van der Waals surface area contributed by atoms with Crippen LogP contribution in [0.3, 0.4) is 0 Å². The van der Waals surface area contributed by atoms with Crippen molar-refractivity contribution >= 4 is 17.5 Å². The Bertz CT molecular complexity index is 758. The number of rotatable bonds is 9. The Balaban J connectivity index is 1.62. The third kappa shape index (κ3) is 4.69. The van der Waals surface area contributed by atoms with Crippen molar-refractivity contribution in [2.24, 2.45) is 5.92 Å². The van der Waals surface area contributed by atoms with E-state index < -0.39 is 0 Å². The summed E-state index contributed by atoms with van der Waals surface area (Å²) in [6.07, 6.45) is 3.32. The highest BCUT2D eigenvalue weighted by atomic mass is 35.5. The van der Waals surface area contributed by atoms with Crippen molar-refractivity contribution in [3.05, 3.63) is 40.7 Å². The van der Waals surface area contributed by atoms with Gasteiger partial charge in [-0.15, -0.1) is 0 Å². The average Bonchev–Trinajstić information content (AvgIpc) is 3.34. The van der Waals surface area contributed by atoms with E-state index in [2.05, 4.69) is 12.1 Å². The molecule has 0 N–H and O–H groups in total. The predicted molar refractivity (Wildman–Crippen MR) is 97.8 cm³/mol. The van der Waals surface area contributed by atoms with Crippen LogP contribution in [0, 0.1) is 5.92 Å². The zero-order chi connectivity index (χ0) is 18.5. The summed E-state index contributed by atoms with van der Waals surface area (Å²) in [6.45, 7) is 3.74. The number of carbonyl (C=O) groups excluding carboxylic acids is 1. The first-order chi connectivity index (χ1) is 12.6. The molecule has 1 aromatic carbocycles. The summed E-state index contributed by atoms with van der Waals surface area (Å²) < 4.78 is 16.2. The third-order valence-electron chi connectivity index (χ3n) is 4.23. The van der Waals surface area contributed by atoms with E-state index in [9.17, 15) is 4.79 Å². The molecule has 0 unspecified atom stereocenters. The lowest BCUT2D eigenvalue weighted by Crippen LogP contribution is -2.33. The number of hydrogen-bond donors (Lipinski definition) is 0. The molecule has 3 rings (SSSR count). The van der Waals surface area contributed by atoms with E-state index in [4.69, 9.17) is 25.6 Å². The van der Waals surface area contributed by atoms with E-state index in [1.54, 1.807) is 31.4 Å². The number of amides is 1. The molecule has 0 spiro atoms. The standard InChI is InChI=1S/C19H23ClN2O4/c1-3-8-22(11-13-4-5-13)19(23)16-10-15(26-21-16)12-25-17-7-6-14(20)9-18(17)24-2/h6-7,9-10,13H,3-5,8,11-12H2,1-2H3. The van der Waals surface area contributed by atoms with Gasteiger partial charge in [-0.2, -0.15) is 0 Å². The lowest BCUT2D eigenvalue weighted by molar-refractivity contribution is 0.0737. The van der Waals surface area contributed by atoms with Crippen LogP contribution in [0.1, 0.15) is 42.4 Å². The Morgan fingerprint density at radius 3 is 2.85 bits per heavy atom. The molecular weight excluding hydrogens is 356 g/mol. The molecule has 1 aromatic heterocycles. The molecule has 1 heterocycles. The SMILES string of the molecule is CCCN(CC1CC1)C(=O)c1cc(COc2ccc(Cl)cc2OC)on1. The highest BCUT2D eigenvalue weighted by Gasteiger charge is 2.28. The second kappa shape index (κ2) is 8.45. The maximum atomic E-state index is 12.7. The van der Waals surface area contributed by atoms with Crippen molar-refractivity contribution in [2.75, 3.05) is 20.2 Å². The Kier molecular flexibility index (Phi) is 6.04. The van der Waals surface area contributed by atoms with Gasteiger partial charge in [-0.05, 0) is 37.3 Å². The molecule has 0 atom stereocenters. The van der Waals surface area contributed by atoms with E-state index in [0.717, 1.165) is 19.5 Å². The lowest BCUT2D eigenvalue weighted by atomic mass is 10.2. The van der Waals surface area contributed by atoms with Crippen molar-refractivity contribution in [3.63, 3.8) is 0 Å². The van der Waals surface area contributed by atoms with E-state index in [-0.39, 0.29) is 12.5 Å². The first-order valence-electron chi connectivity index (χ1n) is 8.82. The van der Waals surface area contributed by atoms with E-state index >= 15 is 0 Å². The summed E-state index contributed by atoms with van der Waals surface area (Å²) in [5.74, 6) is 2.11. The molecule has 0 saturated heterocycles. The van der Waals surface area contributed by atoms with Crippen molar-refractivity contribution in [3.8, 4) is 11.5 Å². The van der Waals surface area contributed by atoms with Gasteiger partial charge in [0.1, 0.15) is 6.61 Å². The fourth-order valence-corrected chi connectivity index (χ4v) is 2.87. The van der Waals surface area contributed by atoms with Gasteiger partial charge in [0.15, 0.2) is 23.0 Å². The molecule has 2 aromatic rings. The van der Waals surface area contributed by atoms with Crippen molar-refractivity contribution in [1.82, 2.24) is 10.1 Å². The van der Waals surface area contributed by atoms with Gasteiger partial charge < -0.3 is 18.9 Å². The van der Waals surface area contributed by atoms with Crippen molar-refractivity contribution in [1.29, 1.82) is 0 Å². The number of carbonyl (C=O) groups is 1. The Morgan fingerprint density at radius 1 is 1.35 bits per heavy atom. The van der Waals surface area contributed by atoms with Crippen molar-refractivity contribution in [2.45, 2.75) is 32.8 Å². The molecular formula is C19H23ClN2O4. The molecule has 1 fully saturated rings. The molecule has 1 amide bonds. The maximum Gasteiger partial charge on any atom is 0.276 e. The number of methoxy groups -OCH3 is 1. The monoisotopic (exact) mass is 378 g/mol. The van der Waals surface area contributed by atoms with Crippen LogP contribution >= 0.6 is 11.6 Å². The van der Waals surface area contributed by atoms with Gasteiger partial charge in [0.25, 0.3) is 5.91 Å². The summed E-state index contributed by atoms with van der Waals surface area (Å²) in [4.78, 5) is 14.5. The highest BCUT2D eigenvalue weighted by Crippen LogP contribution is 2.31. The third-order valence-corrected chi connectivity index (χ3v) is 4.47. The summed E-state index contributed by atoms with van der Waals surface area (Å²) in [6, 6.07) is 6.75. The van der Waals surface area contributed by atoms with Crippen LogP contribution in [0.5, 0.6) is 11.5 Å². The van der Waals surface area contributed by atoms with Crippen LogP contribution in [-0.2, 0) is 6.61 Å². The van der Waals surface area contributed by atoms with Gasteiger partial charge in [0.2, 0.25) is 0 Å². The summed E-state index contributed by atoms with van der Waals surface area (Å²) in [5, 5.41) is 4.48. The topological polar surface area (TPSA) is 64.8 Å². The summed E-state index contributed by atoms with van der Waals surface area (Å²) in [5.41, 5.74) is 0.320. The molecule has 6 nitrogen and oxygen atoms in total. The van der Waals surface area contributed by atoms with Gasteiger partial charge in [-0.1, -0.05) is 23.7 Å². The largest absolute Gasteiger partial charge is 0.493 e. The number of ether oxygens (including phenoxy) is 2. The number of nitrogens with zero attached hydrogens (tertiary/aromatic N) is 2. The zero-order valence-corrected chi connectivity index (χ0v) is 15.8. The molecule has 1 aliphatic carbocycles. The normalized spacial score (nSPS) is 13.5. The minimum Gasteiger partial charge on any atom is -0.493 e. The second-order valence-electron chi connectivity index (χ2n) is 6.46. The second-order valence-corrected chi connectivity index (χ2v) is 6.89. The molecule has 1 saturated carbocycles. The van der Waals surface area contributed by atoms with Gasteiger partial charge in [0.05, 0.1) is 7.11 Å². The van der Waals surface area contributed by atoms with E-state index in [1.807, 2.05) is 4.90 Å². The lowest BCUT2D eigenvalue weighted by Gasteiger charge is -2.20. The summed E-state index contributed by atoms with van der Waals surface area (Å²) >= 11 is 5.94. The van der Waals surface area contributed by atoms with Gasteiger partial charge in [-0.3, -0.25) is 4.79 Å². The molecule has 140 valence electrons. The Hall–Kier alpha value is -2.21. The quantitative estimate of drug-likeness (QED) is 0.655.